The Labute approximate surface area is 120 Å². The maximum atomic E-state index is 6.07. The van der Waals surface area contributed by atoms with Gasteiger partial charge in [-0.15, -0.1) is 0 Å². The molecule has 18 heavy (non-hydrogen) atoms. The van der Waals surface area contributed by atoms with Crippen LogP contribution in [0.15, 0.2) is 0 Å². The van der Waals surface area contributed by atoms with Gasteiger partial charge in [0.2, 0.25) is 0 Å². The molecule has 0 aliphatic heterocycles. The molecular formula is C14H27BrO3. The van der Waals surface area contributed by atoms with Gasteiger partial charge in [0.1, 0.15) is 0 Å². The van der Waals surface area contributed by atoms with Gasteiger partial charge in [-0.25, -0.2) is 0 Å². The zero-order valence-corrected chi connectivity index (χ0v) is 13.3. The number of methoxy groups -OCH3 is 1. The highest BCUT2D eigenvalue weighted by Gasteiger charge is 2.33. The Morgan fingerprint density at radius 2 is 1.83 bits per heavy atom. The molecule has 0 unspecified atom stereocenters. The quantitative estimate of drug-likeness (QED) is 0.481. The number of halogens is 1. The van der Waals surface area contributed by atoms with Gasteiger partial charge in [0, 0.05) is 25.7 Å². The molecule has 0 amide bonds. The van der Waals surface area contributed by atoms with E-state index in [9.17, 15) is 0 Å². The minimum atomic E-state index is 0.0579. The standard InChI is InChI=1S/C14H27BrO3/c1-13-4-6-14(12-15,7-5-13)18-11-10-17-9-3-8-16-2/h13H,3-12H2,1-2H3. The molecule has 1 saturated carbocycles. The van der Waals surface area contributed by atoms with Crippen LogP contribution < -0.4 is 0 Å². The van der Waals surface area contributed by atoms with Crippen molar-refractivity contribution in [3.63, 3.8) is 0 Å². The number of rotatable bonds is 9. The molecule has 0 heterocycles. The molecule has 0 atom stereocenters. The van der Waals surface area contributed by atoms with Crippen molar-refractivity contribution in [1.82, 2.24) is 0 Å². The Morgan fingerprint density at radius 1 is 1.11 bits per heavy atom. The molecule has 0 bridgehead atoms. The predicted octanol–water partition coefficient (Wildman–Crippen LogP) is 3.40. The van der Waals surface area contributed by atoms with E-state index in [1.54, 1.807) is 7.11 Å². The smallest absolute Gasteiger partial charge is 0.0780 e. The van der Waals surface area contributed by atoms with Crippen molar-refractivity contribution in [2.45, 2.75) is 44.6 Å². The number of hydrogen-bond donors (Lipinski definition) is 0. The van der Waals surface area contributed by atoms with Gasteiger partial charge in [0.25, 0.3) is 0 Å². The van der Waals surface area contributed by atoms with Crippen LogP contribution in [0.5, 0.6) is 0 Å². The first-order chi connectivity index (χ1) is 8.72. The van der Waals surface area contributed by atoms with Crippen molar-refractivity contribution in [2.24, 2.45) is 5.92 Å². The van der Waals surface area contributed by atoms with Crippen LogP contribution >= 0.6 is 15.9 Å². The van der Waals surface area contributed by atoms with E-state index in [2.05, 4.69) is 22.9 Å². The Bertz CT molecular complexity index is 203. The van der Waals surface area contributed by atoms with Crippen LogP contribution in [0.25, 0.3) is 0 Å². The van der Waals surface area contributed by atoms with E-state index in [1.807, 2.05) is 0 Å². The van der Waals surface area contributed by atoms with Crippen molar-refractivity contribution in [1.29, 1.82) is 0 Å². The van der Waals surface area contributed by atoms with Crippen molar-refractivity contribution >= 4 is 15.9 Å². The summed E-state index contributed by atoms with van der Waals surface area (Å²) in [5, 5.41) is 0.941. The summed E-state index contributed by atoms with van der Waals surface area (Å²) in [6.45, 7) is 5.25. The second kappa shape index (κ2) is 9.29. The average molecular weight is 323 g/mol. The molecule has 0 aromatic rings. The highest BCUT2D eigenvalue weighted by molar-refractivity contribution is 9.09. The SMILES string of the molecule is COCCCOCCOC1(CBr)CCC(C)CC1. The molecule has 4 heteroatoms. The molecule has 0 saturated heterocycles. The lowest BCUT2D eigenvalue weighted by molar-refractivity contribution is -0.0783. The molecule has 108 valence electrons. The van der Waals surface area contributed by atoms with Crippen LogP contribution in [0.4, 0.5) is 0 Å². The van der Waals surface area contributed by atoms with E-state index in [0.717, 1.165) is 30.9 Å². The van der Waals surface area contributed by atoms with E-state index < -0.39 is 0 Å². The third-order valence-electron chi connectivity index (χ3n) is 3.70. The van der Waals surface area contributed by atoms with Crippen LogP contribution in [0.3, 0.4) is 0 Å². The fraction of sp³-hybridized carbons (Fsp3) is 1.00. The van der Waals surface area contributed by atoms with Crippen LogP contribution in [-0.2, 0) is 14.2 Å². The number of alkyl halides is 1. The number of hydrogen-bond acceptors (Lipinski definition) is 3. The van der Waals surface area contributed by atoms with Gasteiger partial charge in [0.15, 0.2) is 0 Å². The average Bonchev–Trinajstić information content (AvgIpc) is 2.40. The first-order valence-electron chi connectivity index (χ1n) is 6.99. The van der Waals surface area contributed by atoms with Crippen LogP contribution in [0.2, 0.25) is 0 Å². The second-order valence-corrected chi connectivity index (χ2v) is 5.87. The van der Waals surface area contributed by atoms with Gasteiger partial charge in [-0.1, -0.05) is 22.9 Å². The lowest BCUT2D eigenvalue weighted by atomic mass is 9.80. The predicted molar refractivity (Wildman–Crippen MR) is 77.4 cm³/mol. The van der Waals surface area contributed by atoms with E-state index in [0.29, 0.717) is 13.2 Å². The normalized spacial score (nSPS) is 28.5. The van der Waals surface area contributed by atoms with E-state index in [1.165, 1.54) is 25.7 Å². The Balaban J connectivity index is 2.08. The van der Waals surface area contributed by atoms with Gasteiger partial charge in [-0.2, -0.15) is 0 Å². The van der Waals surface area contributed by atoms with Gasteiger partial charge < -0.3 is 14.2 Å². The summed E-state index contributed by atoms with van der Waals surface area (Å²) in [6.07, 6.45) is 5.85. The zero-order valence-electron chi connectivity index (χ0n) is 11.8. The first kappa shape index (κ1) is 16.4. The summed E-state index contributed by atoms with van der Waals surface area (Å²) in [7, 11) is 1.72. The summed E-state index contributed by atoms with van der Waals surface area (Å²) in [4.78, 5) is 0. The fourth-order valence-electron chi connectivity index (χ4n) is 2.33. The molecule has 0 spiro atoms. The van der Waals surface area contributed by atoms with Crippen LogP contribution in [-0.4, -0.2) is 44.5 Å². The van der Waals surface area contributed by atoms with Gasteiger partial charge in [-0.05, 0) is 38.0 Å². The second-order valence-electron chi connectivity index (χ2n) is 5.31. The maximum absolute atomic E-state index is 6.07. The van der Waals surface area contributed by atoms with Crippen molar-refractivity contribution in [2.75, 3.05) is 38.9 Å². The third-order valence-corrected chi connectivity index (χ3v) is 4.72. The van der Waals surface area contributed by atoms with Crippen LogP contribution in [0, 0.1) is 5.92 Å². The maximum Gasteiger partial charge on any atom is 0.0780 e. The summed E-state index contributed by atoms with van der Waals surface area (Å²) in [6, 6.07) is 0. The summed E-state index contributed by atoms with van der Waals surface area (Å²) in [5.74, 6) is 0.853. The summed E-state index contributed by atoms with van der Waals surface area (Å²) < 4.78 is 16.6. The van der Waals surface area contributed by atoms with E-state index >= 15 is 0 Å². The van der Waals surface area contributed by atoms with Gasteiger partial charge in [0.05, 0.1) is 18.8 Å². The third kappa shape index (κ3) is 6.00. The van der Waals surface area contributed by atoms with Crippen molar-refractivity contribution in [3.8, 4) is 0 Å². The zero-order chi connectivity index (χ0) is 13.3. The Hall–Kier alpha value is 0.360. The lowest BCUT2D eigenvalue weighted by Gasteiger charge is -2.38. The molecule has 0 radical (unpaired) electrons. The number of ether oxygens (including phenoxy) is 3. The fourth-order valence-corrected chi connectivity index (χ4v) is 3.05. The molecule has 1 fully saturated rings. The van der Waals surface area contributed by atoms with Crippen LogP contribution in [0.1, 0.15) is 39.0 Å². The molecule has 1 aliphatic carbocycles. The molecule has 3 nitrogen and oxygen atoms in total. The lowest BCUT2D eigenvalue weighted by Crippen LogP contribution is -2.39. The monoisotopic (exact) mass is 322 g/mol. The van der Waals surface area contributed by atoms with Gasteiger partial charge >= 0.3 is 0 Å². The molecular weight excluding hydrogens is 296 g/mol. The van der Waals surface area contributed by atoms with Crippen molar-refractivity contribution in [3.05, 3.63) is 0 Å². The summed E-state index contributed by atoms with van der Waals surface area (Å²) in [5.41, 5.74) is 0.0579. The van der Waals surface area contributed by atoms with Crippen molar-refractivity contribution < 1.29 is 14.2 Å². The van der Waals surface area contributed by atoms with E-state index in [4.69, 9.17) is 14.2 Å². The largest absolute Gasteiger partial charge is 0.385 e. The molecule has 1 rings (SSSR count). The van der Waals surface area contributed by atoms with Gasteiger partial charge in [-0.3, -0.25) is 0 Å². The highest BCUT2D eigenvalue weighted by Crippen LogP contribution is 2.35. The molecule has 0 aromatic heterocycles. The minimum Gasteiger partial charge on any atom is -0.385 e. The summed E-state index contributed by atoms with van der Waals surface area (Å²) >= 11 is 3.61. The Morgan fingerprint density at radius 3 is 2.44 bits per heavy atom. The van der Waals surface area contributed by atoms with E-state index in [-0.39, 0.29) is 5.60 Å². The first-order valence-corrected chi connectivity index (χ1v) is 8.11. The molecule has 1 aliphatic rings. The highest BCUT2D eigenvalue weighted by atomic mass is 79.9. The Kier molecular flexibility index (Phi) is 8.47. The molecule has 0 aromatic carbocycles. The topological polar surface area (TPSA) is 27.7 Å². The molecule has 0 N–H and O–H groups in total. The minimum absolute atomic E-state index is 0.0579.